The third kappa shape index (κ3) is 6.33. The second-order valence-electron chi connectivity index (χ2n) is 8.66. The lowest BCUT2D eigenvalue weighted by molar-refractivity contribution is -0.141. The molecule has 1 atom stereocenters. The standard InChI is InChI=1S/C26H33ClN2O2/c1-4-24(26(31)28-23-7-5-6-8-23)29(17-20-11-13-22(27)14-12-20)25(30)16-21-10-9-18(2)19(3)15-21/h9-15,23-24H,4-8,16-17H2,1-3H3,(H,28,31)/t24-/m0/s1. The van der Waals surface area contributed by atoms with Gasteiger partial charge in [0, 0.05) is 17.6 Å². The highest BCUT2D eigenvalue weighted by atomic mass is 35.5. The normalized spacial score (nSPS) is 15.0. The molecule has 3 rings (SSSR count). The Bertz CT molecular complexity index is 904. The summed E-state index contributed by atoms with van der Waals surface area (Å²) < 4.78 is 0. The van der Waals surface area contributed by atoms with Crippen LogP contribution >= 0.6 is 11.6 Å². The minimum Gasteiger partial charge on any atom is -0.352 e. The summed E-state index contributed by atoms with van der Waals surface area (Å²) in [5, 5.41) is 3.84. The summed E-state index contributed by atoms with van der Waals surface area (Å²) in [4.78, 5) is 28.3. The number of carbonyl (C=O) groups is 2. The smallest absolute Gasteiger partial charge is 0.243 e. The van der Waals surface area contributed by atoms with Gasteiger partial charge in [0.2, 0.25) is 11.8 Å². The number of nitrogens with zero attached hydrogens (tertiary/aromatic N) is 1. The molecular weight excluding hydrogens is 408 g/mol. The van der Waals surface area contributed by atoms with Gasteiger partial charge in [0.25, 0.3) is 0 Å². The van der Waals surface area contributed by atoms with E-state index in [0.717, 1.165) is 36.8 Å². The van der Waals surface area contributed by atoms with E-state index in [2.05, 4.69) is 25.2 Å². The maximum absolute atomic E-state index is 13.4. The highest BCUT2D eigenvalue weighted by Crippen LogP contribution is 2.21. The van der Waals surface area contributed by atoms with Crippen molar-refractivity contribution < 1.29 is 9.59 Å². The van der Waals surface area contributed by atoms with Gasteiger partial charge >= 0.3 is 0 Å². The SMILES string of the molecule is CC[C@@H](C(=O)NC1CCCC1)N(Cc1ccc(Cl)cc1)C(=O)Cc1ccc(C)c(C)c1. The number of hydrogen-bond donors (Lipinski definition) is 1. The molecule has 0 spiro atoms. The van der Waals surface area contributed by atoms with Gasteiger partial charge < -0.3 is 10.2 Å². The van der Waals surface area contributed by atoms with Gasteiger partial charge in [-0.25, -0.2) is 0 Å². The van der Waals surface area contributed by atoms with Crippen molar-refractivity contribution in [1.29, 1.82) is 0 Å². The molecule has 1 fully saturated rings. The first-order chi connectivity index (χ1) is 14.9. The van der Waals surface area contributed by atoms with E-state index in [1.54, 1.807) is 4.90 Å². The first-order valence-corrected chi connectivity index (χ1v) is 11.7. The van der Waals surface area contributed by atoms with Crippen LogP contribution in [-0.4, -0.2) is 28.8 Å². The van der Waals surface area contributed by atoms with Gasteiger partial charge in [0.15, 0.2) is 0 Å². The average Bonchev–Trinajstić information content (AvgIpc) is 3.25. The molecule has 0 heterocycles. The quantitative estimate of drug-likeness (QED) is 0.600. The Balaban J connectivity index is 1.82. The van der Waals surface area contributed by atoms with Crippen molar-refractivity contribution in [3.05, 3.63) is 69.7 Å². The van der Waals surface area contributed by atoms with Crippen molar-refractivity contribution in [2.24, 2.45) is 0 Å². The Morgan fingerprint density at radius 3 is 2.29 bits per heavy atom. The Labute approximate surface area is 191 Å². The summed E-state index contributed by atoms with van der Waals surface area (Å²) in [7, 11) is 0. The second-order valence-corrected chi connectivity index (χ2v) is 9.09. The molecule has 2 aromatic rings. The molecule has 1 aliphatic rings. The van der Waals surface area contributed by atoms with Gasteiger partial charge in [-0.2, -0.15) is 0 Å². The van der Waals surface area contributed by atoms with Crippen molar-refractivity contribution in [3.8, 4) is 0 Å². The molecule has 0 aromatic heterocycles. The molecule has 31 heavy (non-hydrogen) atoms. The fourth-order valence-corrected chi connectivity index (χ4v) is 4.39. The first-order valence-electron chi connectivity index (χ1n) is 11.3. The molecule has 2 amide bonds. The maximum atomic E-state index is 13.4. The lowest BCUT2D eigenvalue weighted by Gasteiger charge is -2.31. The van der Waals surface area contributed by atoms with E-state index in [0.29, 0.717) is 18.0 Å². The number of nitrogens with one attached hydrogen (secondary N) is 1. The van der Waals surface area contributed by atoms with Crippen LogP contribution in [0.15, 0.2) is 42.5 Å². The number of amides is 2. The Kier molecular flexibility index (Phi) is 8.14. The molecule has 1 saturated carbocycles. The van der Waals surface area contributed by atoms with E-state index < -0.39 is 6.04 Å². The van der Waals surface area contributed by atoms with E-state index in [1.807, 2.05) is 43.3 Å². The predicted octanol–water partition coefficient (Wildman–Crippen LogP) is 5.37. The maximum Gasteiger partial charge on any atom is 0.243 e. The zero-order valence-corrected chi connectivity index (χ0v) is 19.5. The highest BCUT2D eigenvalue weighted by molar-refractivity contribution is 6.30. The number of aryl methyl sites for hydroxylation is 2. The third-order valence-electron chi connectivity index (χ3n) is 6.28. The van der Waals surface area contributed by atoms with Crippen molar-refractivity contribution >= 4 is 23.4 Å². The van der Waals surface area contributed by atoms with Gasteiger partial charge in [-0.05, 0) is 67.5 Å². The van der Waals surface area contributed by atoms with Gasteiger partial charge in [0.1, 0.15) is 6.04 Å². The summed E-state index contributed by atoms with van der Waals surface area (Å²) in [5.74, 6) is -0.0802. The monoisotopic (exact) mass is 440 g/mol. The zero-order valence-electron chi connectivity index (χ0n) is 18.8. The lowest BCUT2D eigenvalue weighted by Crippen LogP contribution is -2.51. The molecular formula is C26H33ClN2O2. The summed E-state index contributed by atoms with van der Waals surface area (Å²) in [6, 6.07) is 13.3. The number of benzene rings is 2. The highest BCUT2D eigenvalue weighted by Gasteiger charge is 2.30. The lowest BCUT2D eigenvalue weighted by atomic mass is 10.0. The molecule has 2 aromatic carbocycles. The van der Waals surface area contributed by atoms with Gasteiger partial charge in [-0.3, -0.25) is 9.59 Å². The van der Waals surface area contributed by atoms with Crippen LogP contribution in [0.2, 0.25) is 5.02 Å². The summed E-state index contributed by atoms with van der Waals surface area (Å²) >= 11 is 6.04. The van der Waals surface area contributed by atoms with E-state index in [4.69, 9.17) is 11.6 Å². The number of rotatable bonds is 8. The molecule has 0 bridgehead atoms. The number of carbonyl (C=O) groups excluding carboxylic acids is 2. The fraction of sp³-hybridized carbons (Fsp3) is 0.462. The molecule has 5 heteroatoms. The van der Waals surface area contributed by atoms with Crippen molar-refractivity contribution in [3.63, 3.8) is 0 Å². The van der Waals surface area contributed by atoms with Crippen LogP contribution < -0.4 is 5.32 Å². The van der Waals surface area contributed by atoms with Crippen LogP contribution in [0.1, 0.15) is 61.3 Å². The second kappa shape index (κ2) is 10.8. The predicted molar refractivity (Wildman–Crippen MR) is 126 cm³/mol. The van der Waals surface area contributed by atoms with Crippen molar-refractivity contribution in [2.45, 2.75) is 77.9 Å². The zero-order chi connectivity index (χ0) is 22.4. The molecule has 166 valence electrons. The number of halogens is 1. The van der Waals surface area contributed by atoms with Crippen molar-refractivity contribution in [1.82, 2.24) is 10.2 Å². The molecule has 0 radical (unpaired) electrons. The Hall–Kier alpha value is -2.33. The van der Waals surface area contributed by atoms with Crippen LogP contribution in [0.3, 0.4) is 0 Å². The fourth-order valence-electron chi connectivity index (χ4n) is 4.26. The Morgan fingerprint density at radius 2 is 1.68 bits per heavy atom. The average molecular weight is 441 g/mol. The van der Waals surface area contributed by atoms with Gasteiger partial charge in [-0.15, -0.1) is 0 Å². The third-order valence-corrected chi connectivity index (χ3v) is 6.53. The largest absolute Gasteiger partial charge is 0.352 e. The van der Waals surface area contributed by atoms with E-state index in [9.17, 15) is 9.59 Å². The number of hydrogen-bond acceptors (Lipinski definition) is 2. The molecule has 0 unspecified atom stereocenters. The van der Waals surface area contributed by atoms with Gasteiger partial charge in [-0.1, -0.05) is 61.7 Å². The molecule has 4 nitrogen and oxygen atoms in total. The minimum atomic E-state index is -0.490. The summed E-state index contributed by atoms with van der Waals surface area (Å²) in [5.41, 5.74) is 4.31. The van der Waals surface area contributed by atoms with E-state index in [-0.39, 0.29) is 24.3 Å². The molecule has 0 aliphatic heterocycles. The van der Waals surface area contributed by atoms with E-state index in [1.165, 1.54) is 11.1 Å². The Morgan fingerprint density at radius 1 is 1.03 bits per heavy atom. The van der Waals surface area contributed by atoms with Crippen LogP contribution in [0.4, 0.5) is 0 Å². The van der Waals surface area contributed by atoms with Crippen LogP contribution in [-0.2, 0) is 22.6 Å². The van der Waals surface area contributed by atoms with E-state index >= 15 is 0 Å². The minimum absolute atomic E-state index is 0.0355. The van der Waals surface area contributed by atoms with Crippen LogP contribution in [0.5, 0.6) is 0 Å². The van der Waals surface area contributed by atoms with Crippen molar-refractivity contribution in [2.75, 3.05) is 0 Å². The topological polar surface area (TPSA) is 49.4 Å². The molecule has 0 saturated heterocycles. The first kappa shape index (κ1) is 23.3. The van der Waals surface area contributed by atoms with Crippen LogP contribution in [0.25, 0.3) is 0 Å². The van der Waals surface area contributed by atoms with Gasteiger partial charge in [0.05, 0.1) is 6.42 Å². The molecule has 1 N–H and O–H groups in total. The molecule has 1 aliphatic carbocycles. The summed E-state index contributed by atoms with van der Waals surface area (Å²) in [6.45, 7) is 6.47. The van der Waals surface area contributed by atoms with Crippen LogP contribution in [0, 0.1) is 13.8 Å². The summed E-state index contributed by atoms with van der Waals surface area (Å²) in [6.07, 6.45) is 5.21.